The van der Waals surface area contributed by atoms with E-state index in [0.29, 0.717) is 5.56 Å². The van der Waals surface area contributed by atoms with Crippen LogP contribution in [0, 0.1) is 0 Å². The minimum absolute atomic E-state index is 0.0765. The summed E-state index contributed by atoms with van der Waals surface area (Å²) in [5, 5.41) is 10.4. The Balaban J connectivity index is 1.38. The lowest BCUT2D eigenvalue weighted by atomic mass is 10.1. The summed E-state index contributed by atoms with van der Waals surface area (Å²) in [6.07, 6.45) is 4.96. The molecule has 0 fully saturated rings. The Morgan fingerprint density at radius 2 is 1.96 bits per heavy atom. The number of carbonyl (C=O) groups excluding carboxylic acids is 1. The first kappa shape index (κ1) is 15.9. The molecule has 1 aliphatic carbocycles. The molecule has 126 valence electrons. The van der Waals surface area contributed by atoms with Gasteiger partial charge in [0.05, 0.1) is 0 Å². The number of aromatic amines is 1. The zero-order chi connectivity index (χ0) is 17.1. The molecular weight excluding hydrogens is 332 g/mol. The predicted octanol–water partition coefficient (Wildman–Crippen LogP) is 3.84. The van der Waals surface area contributed by atoms with Crippen molar-refractivity contribution in [3.8, 4) is 0 Å². The molecule has 6 heteroatoms. The van der Waals surface area contributed by atoms with E-state index < -0.39 is 0 Å². The molecule has 5 nitrogen and oxygen atoms in total. The smallest absolute Gasteiger partial charge is 0.255 e. The summed E-state index contributed by atoms with van der Waals surface area (Å²) in [4.78, 5) is 16.5. The van der Waals surface area contributed by atoms with Gasteiger partial charge in [-0.2, -0.15) is 5.10 Å². The number of anilines is 1. The lowest BCUT2D eigenvalue weighted by molar-refractivity contribution is 0.102. The first-order chi connectivity index (χ1) is 12.3. The van der Waals surface area contributed by atoms with Crippen LogP contribution in [0.2, 0.25) is 0 Å². The van der Waals surface area contributed by atoms with Gasteiger partial charge in [-0.15, -0.1) is 0 Å². The molecular formula is C19H18N4OS. The van der Waals surface area contributed by atoms with E-state index in [9.17, 15) is 4.79 Å². The van der Waals surface area contributed by atoms with Gasteiger partial charge in [0.15, 0.2) is 5.16 Å². The van der Waals surface area contributed by atoms with Crippen molar-refractivity contribution in [1.82, 2.24) is 15.2 Å². The Morgan fingerprint density at radius 1 is 1.12 bits per heavy atom. The largest absolute Gasteiger partial charge is 0.322 e. The number of aromatic nitrogens is 3. The molecule has 0 atom stereocenters. The lowest BCUT2D eigenvalue weighted by Crippen LogP contribution is -2.12. The number of rotatable bonds is 5. The quantitative estimate of drug-likeness (QED) is 0.686. The molecule has 4 rings (SSSR count). The van der Waals surface area contributed by atoms with Crippen LogP contribution in [0.15, 0.2) is 53.9 Å². The molecule has 1 heterocycles. The number of thioether (sulfide) groups is 1. The fraction of sp³-hybridized carbons (Fsp3) is 0.211. The van der Waals surface area contributed by atoms with Crippen LogP contribution >= 0.6 is 11.8 Å². The Kier molecular flexibility index (Phi) is 4.52. The summed E-state index contributed by atoms with van der Waals surface area (Å²) in [5.41, 5.74) is 5.43. The van der Waals surface area contributed by atoms with Crippen molar-refractivity contribution in [3.05, 3.63) is 71.0 Å². The first-order valence-electron chi connectivity index (χ1n) is 8.28. The number of hydrogen-bond acceptors (Lipinski definition) is 4. The average Bonchev–Trinajstić information content (AvgIpc) is 3.31. The van der Waals surface area contributed by atoms with Crippen LogP contribution in [0.1, 0.15) is 33.5 Å². The molecule has 0 radical (unpaired) electrons. The van der Waals surface area contributed by atoms with E-state index in [1.54, 1.807) is 11.8 Å². The second-order valence-corrected chi connectivity index (χ2v) is 7.03. The molecule has 0 bridgehead atoms. The topological polar surface area (TPSA) is 70.7 Å². The number of nitrogens with zero attached hydrogens (tertiary/aromatic N) is 2. The molecule has 2 N–H and O–H groups in total. The first-order valence-corrected chi connectivity index (χ1v) is 9.27. The van der Waals surface area contributed by atoms with E-state index >= 15 is 0 Å². The number of fused-ring (bicyclic) bond motifs is 1. The van der Waals surface area contributed by atoms with Gasteiger partial charge < -0.3 is 5.32 Å². The monoisotopic (exact) mass is 350 g/mol. The van der Waals surface area contributed by atoms with Gasteiger partial charge in [-0.05, 0) is 60.2 Å². The molecule has 25 heavy (non-hydrogen) atoms. The molecule has 1 aliphatic rings. The van der Waals surface area contributed by atoms with Gasteiger partial charge in [0.2, 0.25) is 0 Å². The average molecular weight is 350 g/mol. The van der Waals surface area contributed by atoms with Crippen LogP contribution < -0.4 is 5.32 Å². The Hall–Kier alpha value is -2.60. The number of hydrogen-bond donors (Lipinski definition) is 2. The van der Waals surface area contributed by atoms with Gasteiger partial charge in [-0.3, -0.25) is 9.89 Å². The van der Waals surface area contributed by atoms with Crippen LogP contribution in [0.4, 0.5) is 5.69 Å². The highest BCUT2D eigenvalue weighted by atomic mass is 32.2. The minimum Gasteiger partial charge on any atom is -0.322 e. The second kappa shape index (κ2) is 7.11. The SMILES string of the molecule is O=C(Nc1ccc2c(c1)CCC2)c1ccc(CSc2ncn[nH]2)cc1. The highest BCUT2D eigenvalue weighted by Crippen LogP contribution is 2.25. The highest BCUT2D eigenvalue weighted by molar-refractivity contribution is 7.98. The summed E-state index contributed by atoms with van der Waals surface area (Å²) >= 11 is 1.58. The third-order valence-electron chi connectivity index (χ3n) is 4.34. The molecule has 3 aromatic rings. The second-order valence-electron chi connectivity index (χ2n) is 6.07. The zero-order valence-corrected chi connectivity index (χ0v) is 14.5. The van der Waals surface area contributed by atoms with Gasteiger partial charge >= 0.3 is 0 Å². The number of carbonyl (C=O) groups is 1. The number of amides is 1. The van der Waals surface area contributed by atoms with Crippen LogP contribution in [0.5, 0.6) is 0 Å². The van der Waals surface area contributed by atoms with Gasteiger partial charge in [-0.1, -0.05) is 30.0 Å². The van der Waals surface area contributed by atoms with Gasteiger partial charge in [0.1, 0.15) is 6.33 Å². The van der Waals surface area contributed by atoms with E-state index in [0.717, 1.165) is 35.0 Å². The Labute approximate surface area is 150 Å². The van der Waals surface area contributed by atoms with Crippen molar-refractivity contribution in [2.24, 2.45) is 0 Å². The maximum absolute atomic E-state index is 12.4. The standard InChI is InChI=1S/C19H18N4OS/c24-18(22-17-9-8-14-2-1-3-16(14)10-17)15-6-4-13(5-7-15)11-25-19-20-12-21-23-19/h4-10,12H,1-3,11H2,(H,22,24)(H,20,21,23). The van der Waals surface area contributed by atoms with E-state index in [1.165, 1.54) is 23.9 Å². The minimum atomic E-state index is -0.0765. The van der Waals surface area contributed by atoms with E-state index in [-0.39, 0.29) is 5.91 Å². The van der Waals surface area contributed by atoms with Crippen molar-refractivity contribution >= 4 is 23.4 Å². The predicted molar refractivity (Wildman–Crippen MR) is 98.8 cm³/mol. The van der Waals surface area contributed by atoms with Gasteiger partial charge in [-0.25, -0.2) is 4.98 Å². The third kappa shape index (κ3) is 3.74. The van der Waals surface area contributed by atoms with Crippen LogP contribution in [-0.4, -0.2) is 21.1 Å². The Bertz CT molecular complexity index is 875. The van der Waals surface area contributed by atoms with E-state index in [2.05, 4.69) is 32.6 Å². The van der Waals surface area contributed by atoms with Gasteiger partial charge in [0.25, 0.3) is 5.91 Å². The highest BCUT2D eigenvalue weighted by Gasteiger charge is 2.12. The summed E-state index contributed by atoms with van der Waals surface area (Å²) in [7, 11) is 0. The van der Waals surface area contributed by atoms with Crippen LogP contribution in [0.25, 0.3) is 0 Å². The van der Waals surface area contributed by atoms with Crippen molar-refractivity contribution in [2.45, 2.75) is 30.2 Å². The summed E-state index contributed by atoms with van der Waals surface area (Å²) in [5.74, 6) is 0.703. The molecule has 0 aliphatic heterocycles. The van der Waals surface area contributed by atoms with Crippen molar-refractivity contribution < 1.29 is 4.79 Å². The molecule has 0 unspecified atom stereocenters. The molecule has 1 aromatic heterocycles. The number of benzene rings is 2. The van der Waals surface area contributed by atoms with Crippen molar-refractivity contribution in [1.29, 1.82) is 0 Å². The van der Waals surface area contributed by atoms with Crippen molar-refractivity contribution in [2.75, 3.05) is 5.32 Å². The summed E-state index contributed by atoms with van der Waals surface area (Å²) in [6.45, 7) is 0. The Morgan fingerprint density at radius 3 is 2.76 bits per heavy atom. The molecule has 0 saturated carbocycles. The lowest BCUT2D eigenvalue weighted by Gasteiger charge is -2.08. The number of nitrogens with one attached hydrogen (secondary N) is 2. The van der Waals surface area contributed by atoms with E-state index in [1.807, 2.05) is 30.3 Å². The van der Waals surface area contributed by atoms with Crippen molar-refractivity contribution in [3.63, 3.8) is 0 Å². The molecule has 0 spiro atoms. The maximum atomic E-state index is 12.4. The third-order valence-corrected chi connectivity index (χ3v) is 5.29. The normalized spacial score (nSPS) is 12.8. The molecule has 2 aromatic carbocycles. The fourth-order valence-electron chi connectivity index (χ4n) is 3.02. The number of H-pyrrole nitrogens is 1. The fourth-order valence-corrected chi connectivity index (χ4v) is 3.76. The van der Waals surface area contributed by atoms with E-state index in [4.69, 9.17) is 0 Å². The zero-order valence-electron chi connectivity index (χ0n) is 13.7. The van der Waals surface area contributed by atoms with Crippen LogP contribution in [-0.2, 0) is 18.6 Å². The maximum Gasteiger partial charge on any atom is 0.255 e. The summed E-state index contributed by atoms with van der Waals surface area (Å²) in [6, 6.07) is 13.9. The molecule has 1 amide bonds. The number of aryl methyl sites for hydroxylation is 2. The van der Waals surface area contributed by atoms with Crippen LogP contribution in [0.3, 0.4) is 0 Å². The molecule has 0 saturated heterocycles. The van der Waals surface area contributed by atoms with Gasteiger partial charge in [0, 0.05) is 17.0 Å². The summed E-state index contributed by atoms with van der Waals surface area (Å²) < 4.78 is 0.